The Morgan fingerprint density at radius 3 is 2.71 bits per heavy atom. The first-order valence-corrected chi connectivity index (χ1v) is 6.26. The summed E-state index contributed by atoms with van der Waals surface area (Å²) < 4.78 is 0. The Balaban J connectivity index is 2.19. The molecule has 3 heteroatoms. The Bertz CT molecular complexity index is 350. The summed E-state index contributed by atoms with van der Waals surface area (Å²) in [5.74, 6) is 0.125. The van der Waals surface area contributed by atoms with Crippen LogP contribution in [0.15, 0.2) is 24.3 Å². The van der Waals surface area contributed by atoms with Crippen LogP contribution >= 0.6 is 0 Å². The average Bonchev–Trinajstić information content (AvgIpc) is 2.32. The number of carbonyl (C=O) groups is 1. The molecule has 0 atom stereocenters. The molecule has 1 amide bonds. The van der Waals surface area contributed by atoms with Crippen molar-refractivity contribution in [2.45, 2.75) is 26.7 Å². The first-order chi connectivity index (χ1) is 8.24. The van der Waals surface area contributed by atoms with E-state index in [2.05, 4.69) is 29.7 Å². The molecule has 0 unspecified atom stereocenters. The fraction of sp³-hybridized carbons (Fsp3) is 0.500. The van der Waals surface area contributed by atoms with Gasteiger partial charge in [-0.3, -0.25) is 4.79 Å². The van der Waals surface area contributed by atoms with E-state index in [0.29, 0.717) is 6.42 Å². The Morgan fingerprint density at radius 2 is 2.00 bits per heavy atom. The fourth-order valence-corrected chi connectivity index (χ4v) is 1.69. The van der Waals surface area contributed by atoms with Gasteiger partial charge in [0.15, 0.2) is 0 Å². The lowest BCUT2D eigenvalue weighted by Gasteiger charge is -2.07. The molecule has 0 saturated carbocycles. The van der Waals surface area contributed by atoms with E-state index in [-0.39, 0.29) is 5.91 Å². The van der Waals surface area contributed by atoms with E-state index in [0.717, 1.165) is 26.1 Å². The minimum atomic E-state index is 0.125. The highest BCUT2D eigenvalue weighted by atomic mass is 16.1. The van der Waals surface area contributed by atoms with E-state index < -0.39 is 0 Å². The first kappa shape index (κ1) is 13.7. The molecule has 3 nitrogen and oxygen atoms in total. The lowest BCUT2D eigenvalue weighted by molar-refractivity contribution is -0.120. The molecule has 0 saturated heterocycles. The van der Waals surface area contributed by atoms with Gasteiger partial charge in [-0.15, -0.1) is 0 Å². The molecule has 1 aromatic rings. The van der Waals surface area contributed by atoms with Crippen LogP contribution < -0.4 is 10.6 Å². The van der Waals surface area contributed by atoms with Crippen molar-refractivity contribution in [2.75, 3.05) is 19.6 Å². The highest BCUT2D eigenvalue weighted by Gasteiger charge is 2.01. The third-order valence-electron chi connectivity index (χ3n) is 2.76. The molecule has 1 aromatic carbocycles. The number of nitrogens with one attached hydrogen (secondary N) is 2. The summed E-state index contributed by atoms with van der Waals surface area (Å²) in [7, 11) is 0. The van der Waals surface area contributed by atoms with Gasteiger partial charge in [-0.1, -0.05) is 31.2 Å². The SMILES string of the molecule is CCNCCC(=O)NCCc1ccccc1C. The summed E-state index contributed by atoms with van der Waals surface area (Å²) in [6, 6.07) is 8.28. The summed E-state index contributed by atoms with van der Waals surface area (Å²) in [5.41, 5.74) is 2.59. The molecule has 0 radical (unpaired) electrons. The highest BCUT2D eigenvalue weighted by Crippen LogP contribution is 2.06. The summed E-state index contributed by atoms with van der Waals surface area (Å²) in [4.78, 5) is 11.4. The minimum Gasteiger partial charge on any atom is -0.356 e. The van der Waals surface area contributed by atoms with Crippen molar-refractivity contribution < 1.29 is 4.79 Å². The van der Waals surface area contributed by atoms with Crippen LogP contribution in [0, 0.1) is 6.92 Å². The number of amides is 1. The largest absolute Gasteiger partial charge is 0.356 e. The topological polar surface area (TPSA) is 41.1 Å². The molecule has 0 aliphatic heterocycles. The summed E-state index contributed by atoms with van der Waals surface area (Å²) >= 11 is 0. The Hall–Kier alpha value is -1.35. The van der Waals surface area contributed by atoms with E-state index in [1.165, 1.54) is 11.1 Å². The van der Waals surface area contributed by atoms with Crippen LogP contribution in [0.3, 0.4) is 0 Å². The van der Waals surface area contributed by atoms with E-state index in [1.807, 2.05) is 19.1 Å². The fourth-order valence-electron chi connectivity index (χ4n) is 1.69. The van der Waals surface area contributed by atoms with E-state index in [4.69, 9.17) is 0 Å². The molecule has 0 fully saturated rings. The van der Waals surface area contributed by atoms with Gasteiger partial charge in [-0.05, 0) is 31.0 Å². The maximum atomic E-state index is 11.4. The second-order valence-electron chi connectivity index (χ2n) is 4.13. The monoisotopic (exact) mass is 234 g/mol. The predicted octanol–water partition coefficient (Wildman–Crippen LogP) is 1.65. The van der Waals surface area contributed by atoms with Gasteiger partial charge in [0.25, 0.3) is 0 Å². The zero-order valence-corrected chi connectivity index (χ0v) is 10.8. The minimum absolute atomic E-state index is 0.125. The molecule has 0 aliphatic carbocycles. The van der Waals surface area contributed by atoms with Gasteiger partial charge in [-0.25, -0.2) is 0 Å². The van der Waals surface area contributed by atoms with Gasteiger partial charge in [0, 0.05) is 19.5 Å². The molecular weight excluding hydrogens is 212 g/mol. The second-order valence-corrected chi connectivity index (χ2v) is 4.13. The third kappa shape index (κ3) is 5.50. The lowest BCUT2D eigenvalue weighted by Crippen LogP contribution is -2.29. The maximum Gasteiger partial charge on any atom is 0.221 e. The van der Waals surface area contributed by atoms with Crippen LogP contribution in [-0.2, 0) is 11.2 Å². The quantitative estimate of drug-likeness (QED) is 0.704. The van der Waals surface area contributed by atoms with Crippen LogP contribution in [0.4, 0.5) is 0 Å². The molecule has 1 rings (SSSR count). The van der Waals surface area contributed by atoms with Crippen molar-refractivity contribution in [3.8, 4) is 0 Å². The number of carbonyl (C=O) groups excluding carboxylic acids is 1. The third-order valence-corrected chi connectivity index (χ3v) is 2.76. The summed E-state index contributed by atoms with van der Waals surface area (Å²) in [5, 5.41) is 6.07. The molecule has 2 N–H and O–H groups in total. The number of hydrogen-bond donors (Lipinski definition) is 2. The zero-order chi connectivity index (χ0) is 12.5. The first-order valence-electron chi connectivity index (χ1n) is 6.26. The van der Waals surface area contributed by atoms with Crippen molar-refractivity contribution in [1.29, 1.82) is 0 Å². The van der Waals surface area contributed by atoms with Crippen LogP contribution in [0.5, 0.6) is 0 Å². The predicted molar refractivity (Wildman–Crippen MR) is 71.1 cm³/mol. The standard InChI is InChI=1S/C14H22N2O/c1-3-15-10-9-14(17)16-11-8-13-7-5-4-6-12(13)2/h4-7,15H,3,8-11H2,1-2H3,(H,16,17). The molecule has 17 heavy (non-hydrogen) atoms. The summed E-state index contributed by atoms with van der Waals surface area (Å²) in [6.45, 7) is 6.53. The van der Waals surface area contributed by atoms with Crippen LogP contribution in [0.25, 0.3) is 0 Å². The van der Waals surface area contributed by atoms with Crippen molar-refractivity contribution in [2.24, 2.45) is 0 Å². The van der Waals surface area contributed by atoms with Gasteiger partial charge in [0.1, 0.15) is 0 Å². The van der Waals surface area contributed by atoms with E-state index >= 15 is 0 Å². The molecule has 0 aromatic heterocycles. The van der Waals surface area contributed by atoms with Gasteiger partial charge < -0.3 is 10.6 Å². The van der Waals surface area contributed by atoms with Crippen LogP contribution in [0.2, 0.25) is 0 Å². The van der Waals surface area contributed by atoms with E-state index in [1.54, 1.807) is 0 Å². The number of rotatable bonds is 7. The molecule has 0 aliphatic rings. The van der Waals surface area contributed by atoms with Gasteiger partial charge >= 0.3 is 0 Å². The average molecular weight is 234 g/mol. The number of benzene rings is 1. The van der Waals surface area contributed by atoms with Crippen molar-refractivity contribution in [3.63, 3.8) is 0 Å². The Morgan fingerprint density at radius 1 is 1.24 bits per heavy atom. The molecule has 0 heterocycles. The Kier molecular flexibility index (Phi) is 6.33. The lowest BCUT2D eigenvalue weighted by atomic mass is 10.1. The molecule has 0 spiro atoms. The van der Waals surface area contributed by atoms with Gasteiger partial charge in [0.05, 0.1) is 0 Å². The van der Waals surface area contributed by atoms with Gasteiger partial charge in [0.2, 0.25) is 5.91 Å². The normalized spacial score (nSPS) is 10.2. The maximum absolute atomic E-state index is 11.4. The summed E-state index contributed by atoms with van der Waals surface area (Å²) in [6.07, 6.45) is 1.46. The zero-order valence-electron chi connectivity index (χ0n) is 10.8. The van der Waals surface area contributed by atoms with Crippen LogP contribution in [-0.4, -0.2) is 25.5 Å². The number of aryl methyl sites for hydroxylation is 1. The van der Waals surface area contributed by atoms with E-state index in [9.17, 15) is 4.79 Å². The van der Waals surface area contributed by atoms with Gasteiger partial charge in [-0.2, -0.15) is 0 Å². The highest BCUT2D eigenvalue weighted by molar-refractivity contribution is 5.76. The smallest absolute Gasteiger partial charge is 0.221 e. The number of hydrogen-bond acceptors (Lipinski definition) is 2. The van der Waals surface area contributed by atoms with Crippen molar-refractivity contribution in [3.05, 3.63) is 35.4 Å². The van der Waals surface area contributed by atoms with Crippen molar-refractivity contribution >= 4 is 5.91 Å². The van der Waals surface area contributed by atoms with Crippen LogP contribution in [0.1, 0.15) is 24.5 Å². The molecule has 94 valence electrons. The van der Waals surface area contributed by atoms with Crippen molar-refractivity contribution in [1.82, 2.24) is 10.6 Å². The molecular formula is C14H22N2O. The molecule has 0 bridgehead atoms. The Labute approximate surface area is 104 Å². The second kappa shape index (κ2) is 7.85.